The molecule has 2 heteroatoms. The molecule has 0 saturated heterocycles. The van der Waals surface area contributed by atoms with Crippen LogP contribution in [0.25, 0.3) is 0 Å². The van der Waals surface area contributed by atoms with E-state index < -0.39 is 0 Å². The molecule has 0 bridgehead atoms. The fraction of sp³-hybridized carbons (Fsp3) is 0.684. The molecule has 0 spiro atoms. The highest BCUT2D eigenvalue weighted by Gasteiger charge is 2.32. The maximum atomic E-state index is 13.2. The second-order valence-electron chi connectivity index (χ2n) is 6.65. The van der Waals surface area contributed by atoms with Crippen LogP contribution in [0.15, 0.2) is 24.3 Å². The first-order valence-corrected chi connectivity index (χ1v) is 8.45. The Morgan fingerprint density at radius 3 is 2.10 bits per heavy atom. The molecule has 0 aliphatic carbocycles. The molecule has 0 aromatic heterocycles. The second kappa shape index (κ2) is 8.53. The summed E-state index contributed by atoms with van der Waals surface area (Å²) in [5, 5.41) is 3.73. The van der Waals surface area contributed by atoms with E-state index in [0.29, 0.717) is 6.04 Å². The van der Waals surface area contributed by atoms with Crippen LogP contribution in [0.2, 0.25) is 0 Å². The van der Waals surface area contributed by atoms with E-state index in [9.17, 15) is 4.39 Å². The molecule has 0 radical (unpaired) electrons. The zero-order valence-electron chi connectivity index (χ0n) is 14.4. The third-order valence-electron chi connectivity index (χ3n) is 4.82. The van der Waals surface area contributed by atoms with Gasteiger partial charge in [-0.2, -0.15) is 0 Å². The van der Waals surface area contributed by atoms with Crippen LogP contribution in [0.5, 0.6) is 0 Å². The van der Waals surface area contributed by atoms with Gasteiger partial charge < -0.3 is 5.32 Å². The molecule has 1 N–H and O–H groups in total. The molecule has 0 fully saturated rings. The minimum Gasteiger partial charge on any atom is -0.313 e. The lowest BCUT2D eigenvalue weighted by molar-refractivity contribution is 0.271. The summed E-state index contributed by atoms with van der Waals surface area (Å²) in [6, 6.07) is 7.44. The molecule has 1 nitrogen and oxygen atoms in total. The van der Waals surface area contributed by atoms with Gasteiger partial charge in [0, 0.05) is 11.5 Å². The average Bonchev–Trinajstić information content (AvgIpc) is 2.48. The Hall–Kier alpha value is -0.890. The van der Waals surface area contributed by atoms with Gasteiger partial charge in [-0.05, 0) is 43.0 Å². The van der Waals surface area contributed by atoms with E-state index in [0.717, 1.165) is 18.9 Å². The number of benzene rings is 1. The Morgan fingerprint density at radius 2 is 1.62 bits per heavy atom. The van der Waals surface area contributed by atoms with Crippen molar-refractivity contribution in [3.05, 3.63) is 35.6 Å². The van der Waals surface area contributed by atoms with E-state index >= 15 is 0 Å². The number of hydrogen-bond acceptors (Lipinski definition) is 1. The maximum Gasteiger partial charge on any atom is 0.123 e. The van der Waals surface area contributed by atoms with Crippen molar-refractivity contribution >= 4 is 0 Å². The van der Waals surface area contributed by atoms with Crippen molar-refractivity contribution in [2.75, 3.05) is 6.54 Å². The molecule has 0 heterocycles. The topological polar surface area (TPSA) is 12.0 Å². The van der Waals surface area contributed by atoms with Gasteiger partial charge in [-0.25, -0.2) is 4.39 Å². The molecule has 1 rings (SSSR count). The lowest BCUT2D eigenvalue weighted by atomic mass is 9.73. The predicted octanol–water partition coefficient (Wildman–Crippen LogP) is 5.30. The largest absolute Gasteiger partial charge is 0.313 e. The van der Waals surface area contributed by atoms with Crippen LogP contribution in [0.1, 0.15) is 65.9 Å². The van der Waals surface area contributed by atoms with E-state index in [1.165, 1.54) is 24.8 Å². The number of rotatable bonds is 9. The van der Waals surface area contributed by atoms with Crippen LogP contribution < -0.4 is 5.32 Å². The Morgan fingerprint density at radius 1 is 1.05 bits per heavy atom. The van der Waals surface area contributed by atoms with Crippen LogP contribution in [0, 0.1) is 11.7 Å². The minimum atomic E-state index is -0.160. The van der Waals surface area contributed by atoms with Gasteiger partial charge in [0.2, 0.25) is 0 Å². The summed E-state index contributed by atoms with van der Waals surface area (Å²) in [4.78, 5) is 0. The van der Waals surface area contributed by atoms with Crippen molar-refractivity contribution in [1.29, 1.82) is 0 Å². The normalized spacial score (nSPS) is 13.7. The fourth-order valence-corrected chi connectivity index (χ4v) is 2.99. The van der Waals surface area contributed by atoms with Gasteiger partial charge in [0.05, 0.1) is 0 Å². The van der Waals surface area contributed by atoms with Crippen LogP contribution in [0.3, 0.4) is 0 Å². The number of hydrogen-bond donors (Lipinski definition) is 1. The molecule has 0 aliphatic rings. The van der Waals surface area contributed by atoms with E-state index in [1.807, 2.05) is 12.1 Å². The molecular formula is C19H32FN. The Labute approximate surface area is 130 Å². The highest BCUT2D eigenvalue weighted by Crippen LogP contribution is 2.32. The smallest absolute Gasteiger partial charge is 0.123 e. The lowest BCUT2D eigenvalue weighted by Crippen LogP contribution is -2.46. The summed E-state index contributed by atoms with van der Waals surface area (Å²) in [5.74, 6) is 0.590. The molecular weight excluding hydrogens is 261 g/mol. The van der Waals surface area contributed by atoms with Gasteiger partial charge in [-0.3, -0.25) is 0 Å². The molecule has 1 atom stereocenters. The highest BCUT2D eigenvalue weighted by atomic mass is 19.1. The summed E-state index contributed by atoms with van der Waals surface area (Å²) >= 11 is 0. The zero-order valence-corrected chi connectivity index (χ0v) is 14.4. The van der Waals surface area contributed by atoms with E-state index in [2.05, 4.69) is 39.9 Å². The monoisotopic (exact) mass is 293 g/mol. The van der Waals surface area contributed by atoms with Crippen LogP contribution >= 0.6 is 0 Å². The molecule has 120 valence electrons. The molecule has 1 aromatic rings. The van der Waals surface area contributed by atoms with Crippen LogP contribution in [0.4, 0.5) is 4.39 Å². The standard InChI is InChI=1S/C19H32FN/c1-6-13-21-18(14-15(7-2)8-3)19(4,5)16-9-11-17(20)12-10-16/h9-12,15,18,21H,6-8,13-14H2,1-5H3. The summed E-state index contributed by atoms with van der Waals surface area (Å²) < 4.78 is 13.2. The Kier molecular flexibility index (Phi) is 7.37. The van der Waals surface area contributed by atoms with Crippen molar-refractivity contribution in [2.45, 2.75) is 71.8 Å². The van der Waals surface area contributed by atoms with Crippen molar-refractivity contribution in [2.24, 2.45) is 5.92 Å². The first kappa shape index (κ1) is 18.2. The molecule has 1 unspecified atom stereocenters. The summed E-state index contributed by atoms with van der Waals surface area (Å²) in [6.45, 7) is 12.3. The lowest BCUT2D eigenvalue weighted by Gasteiger charge is -2.38. The van der Waals surface area contributed by atoms with Gasteiger partial charge in [0.25, 0.3) is 0 Å². The molecule has 21 heavy (non-hydrogen) atoms. The SMILES string of the molecule is CCCNC(CC(CC)CC)C(C)(C)c1ccc(F)cc1. The number of nitrogens with one attached hydrogen (secondary N) is 1. The van der Waals surface area contributed by atoms with E-state index in [1.54, 1.807) is 12.1 Å². The summed E-state index contributed by atoms with van der Waals surface area (Å²) in [7, 11) is 0. The first-order valence-electron chi connectivity index (χ1n) is 8.45. The quantitative estimate of drug-likeness (QED) is 0.651. The molecule has 0 amide bonds. The van der Waals surface area contributed by atoms with Gasteiger partial charge in [0.15, 0.2) is 0 Å². The Balaban J connectivity index is 2.95. The molecule has 0 aliphatic heterocycles. The summed E-state index contributed by atoms with van der Waals surface area (Å²) in [5.41, 5.74) is 1.22. The van der Waals surface area contributed by atoms with Crippen molar-refractivity contribution in [3.63, 3.8) is 0 Å². The zero-order chi connectivity index (χ0) is 15.9. The van der Waals surface area contributed by atoms with Gasteiger partial charge in [0.1, 0.15) is 5.82 Å². The highest BCUT2D eigenvalue weighted by molar-refractivity contribution is 5.26. The number of halogens is 1. The fourth-order valence-electron chi connectivity index (χ4n) is 2.99. The summed E-state index contributed by atoms with van der Waals surface area (Å²) in [6.07, 6.45) is 4.76. The Bertz CT molecular complexity index is 393. The third-order valence-corrected chi connectivity index (χ3v) is 4.82. The second-order valence-corrected chi connectivity index (χ2v) is 6.65. The van der Waals surface area contributed by atoms with Crippen LogP contribution in [-0.2, 0) is 5.41 Å². The average molecular weight is 293 g/mol. The van der Waals surface area contributed by atoms with Gasteiger partial charge in [-0.15, -0.1) is 0 Å². The van der Waals surface area contributed by atoms with Crippen LogP contribution in [-0.4, -0.2) is 12.6 Å². The maximum absolute atomic E-state index is 13.2. The van der Waals surface area contributed by atoms with Crippen molar-refractivity contribution in [3.8, 4) is 0 Å². The van der Waals surface area contributed by atoms with E-state index in [4.69, 9.17) is 0 Å². The van der Waals surface area contributed by atoms with Gasteiger partial charge >= 0.3 is 0 Å². The minimum absolute atomic E-state index is 0.00542. The molecule has 0 saturated carbocycles. The molecule has 1 aromatic carbocycles. The van der Waals surface area contributed by atoms with Crippen molar-refractivity contribution in [1.82, 2.24) is 5.32 Å². The van der Waals surface area contributed by atoms with E-state index in [-0.39, 0.29) is 11.2 Å². The van der Waals surface area contributed by atoms with Gasteiger partial charge in [-0.1, -0.05) is 59.6 Å². The van der Waals surface area contributed by atoms with Crippen molar-refractivity contribution < 1.29 is 4.39 Å². The predicted molar refractivity (Wildman–Crippen MR) is 90.2 cm³/mol. The first-order chi connectivity index (χ1) is 9.95. The third kappa shape index (κ3) is 5.10.